The lowest BCUT2D eigenvalue weighted by Gasteiger charge is -2.47. The van der Waals surface area contributed by atoms with E-state index in [1.54, 1.807) is 19.1 Å². The molecule has 0 unspecified atom stereocenters. The van der Waals surface area contributed by atoms with Crippen molar-refractivity contribution in [2.75, 3.05) is 24.6 Å². The SMILES string of the molecule is CCOC(=O)c1ccc(N2CCC3(CC2)CC(=O)C3)c(F)c1. The fourth-order valence-electron chi connectivity index (χ4n) is 3.47. The molecular formula is C17H20FNO3. The van der Waals surface area contributed by atoms with Gasteiger partial charge in [0.05, 0.1) is 17.9 Å². The molecule has 1 aliphatic carbocycles. The van der Waals surface area contributed by atoms with Crippen LogP contribution in [0.5, 0.6) is 0 Å². The van der Waals surface area contributed by atoms with E-state index in [9.17, 15) is 14.0 Å². The molecule has 118 valence electrons. The van der Waals surface area contributed by atoms with Crippen molar-refractivity contribution in [1.29, 1.82) is 0 Å². The van der Waals surface area contributed by atoms with Crippen LogP contribution in [-0.4, -0.2) is 31.4 Å². The number of hydrogen-bond acceptors (Lipinski definition) is 4. The van der Waals surface area contributed by atoms with Crippen LogP contribution in [-0.2, 0) is 9.53 Å². The smallest absolute Gasteiger partial charge is 0.338 e. The lowest BCUT2D eigenvalue weighted by Crippen LogP contribution is -2.47. The Morgan fingerprint density at radius 2 is 2.00 bits per heavy atom. The largest absolute Gasteiger partial charge is 0.462 e. The molecule has 0 N–H and O–H groups in total. The van der Waals surface area contributed by atoms with E-state index >= 15 is 0 Å². The van der Waals surface area contributed by atoms with E-state index in [2.05, 4.69) is 0 Å². The number of anilines is 1. The van der Waals surface area contributed by atoms with Crippen LogP contribution in [0.15, 0.2) is 18.2 Å². The van der Waals surface area contributed by atoms with Crippen LogP contribution < -0.4 is 4.90 Å². The van der Waals surface area contributed by atoms with Crippen LogP contribution in [0, 0.1) is 11.2 Å². The monoisotopic (exact) mass is 305 g/mol. The fourth-order valence-corrected chi connectivity index (χ4v) is 3.47. The third-order valence-corrected chi connectivity index (χ3v) is 4.77. The second kappa shape index (κ2) is 5.71. The summed E-state index contributed by atoms with van der Waals surface area (Å²) in [5.74, 6) is -0.553. The van der Waals surface area contributed by atoms with Crippen molar-refractivity contribution in [3.05, 3.63) is 29.6 Å². The molecule has 0 atom stereocenters. The Morgan fingerprint density at radius 3 is 2.55 bits per heavy atom. The van der Waals surface area contributed by atoms with E-state index < -0.39 is 11.8 Å². The van der Waals surface area contributed by atoms with Crippen LogP contribution in [0.3, 0.4) is 0 Å². The minimum atomic E-state index is -0.501. The molecular weight excluding hydrogens is 285 g/mol. The van der Waals surface area contributed by atoms with Crippen molar-refractivity contribution in [2.24, 2.45) is 5.41 Å². The summed E-state index contributed by atoms with van der Waals surface area (Å²) in [6.07, 6.45) is 3.23. The molecule has 2 aliphatic rings. The molecule has 1 aromatic carbocycles. The molecule has 0 bridgehead atoms. The minimum absolute atomic E-state index is 0.176. The summed E-state index contributed by atoms with van der Waals surface area (Å²) in [7, 11) is 0. The van der Waals surface area contributed by atoms with Gasteiger partial charge in [-0.25, -0.2) is 9.18 Å². The topological polar surface area (TPSA) is 46.6 Å². The quantitative estimate of drug-likeness (QED) is 0.806. The Bertz CT molecular complexity index is 596. The predicted octanol–water partition coefficient (Wildman–Crippen LogP) is 2.95. The molecule has 1 aromatic rings. The number of esters is 1. The summed E-state index contributed by atoms with van der Waals surface area (Å²) in [5.41, 5.74) is 0.935. The number of carbonyl (C=O) groups excluding carboxylic acids is 2. The molecule has 1 saturated carbocycles. The van der Waals surface area contributed by atoms with Crippen LogP contribution >= 0.6 is 0 Å². The third kappa shape index (κ3) is 2.72. The Hall–Kier alpha value is -1.91. The van der Waals surface area contributed by atoms with Gasteiger partial charge in [-0.15, -0.1) is 0 Å². The highest BCUT2D eigenvalue weighted by atomic mass is 19.1. The van der Waals surface area contributed by atoms with E-state index in [0.717, 1.165) is 25.9 Å². The zero-order valence-electron chi connectivity index (χ0n) is 12.7. The van der Waals surface area contributed by atoms with Crippen LogP contribution in [0.4, 0.5) is 10.1 Å². The molecule has 1 spiro atoms. The molecule has 0 radical (unpaired) electrons. The lowest BCUT2D eigenvalue weighted by molar-refractivity contribution is -0.133. The maximum atomic E-state index is 14.3. The first-order chi connectivity index (χ1) is 10.5. The minimum Gasteiger partial charge on any atom is -0.462 e. The van der Waals surface area contributed by atoms with Gasteiger partial charge in [-0.2, -0.15) is 0 Å². The Balaban J connectivity index is 1.68. The first kappa shape index (κ1) is 15.0. The van der Waals surface area contributed by atoms with Crippen molar-refractivity contribution in [2.45, 2.75) is 32.6 Å². The number of benzene rings is 1. The summed E-state index contributed by atoms with van der Waals surface area (Å²) >= 11 is 0. The summed E-state index contributed by atoms with van der Waals surface area (Å²) in [5, 5.41) is 0. The summed E-state index contributed by atoms with van der Waals surface area (Å²) in [6, 6.07) is 4.49. The van der Waals surface area contributed by atoms with Crippen LogP contribution in [0.2, 0.25) is 0 Å². The third-order valence-electron chi connectivity index (χ3n) is 4.77. The number of piperidine rings is 1. The van der Waals surface area contributed by atoms with E-state index in [-0.39, 0.29) is 17.6 Å². The summed E-state index contributed by atoms with van der Waals surface area (Å²) < 4.78 is 19.2. The number of ketones is 1. The van der Waals surface area contributed by atoms with Gasteiger partial charge in [-0.05, 0) is 43.4 Å². The van der Waals surface area contributed by atoms with Crippen molar-refractivity contribution in [3.8, 4) is 0 Å². The van der Waals surface area contributed by atoms with Gasteiger partial charge in [0.25, 0.3) is 0 Å². The van der Waals surface area contributed by atoms with Crippen molar-refractivity contribution >= 4 is 17.4 Å². The molecule has 1 saturated heterocycles. The molecule has 22 heavy (non-hydrogen) atoms. The maximum Gasteiger partial charge on any atom is 0.338 e. The lowest BCUT2D eigenvalue weighted by atomic mass is 9.62. The number of hydrogen-bond donors (Lipinski definition) is 0. The zero-order chi connectivity index (χ0) is 15.7. The molecule has 2 fully saturated rings. The average molecular weight is 305 g/mol. The second-order valence-electron chi connectivity index (χ2n) is 6.27. The highest BCUT2D eigenvalue weighted by molar-refractivity contribution is 5.90. The van der Waals surface area contributed by atoms with Gasteiger partial charge in [0.15, 0.2) is 0 Å². The van der Waals surface area contributed by atoms with E-state index in [0.29, 0.717) is 24.3 Å². The standard InChI is InChI=1S/C17H20FNO3/c1-2-22-16(21)12-3-4-15(14(18)9-12)19-7-5-17(6-8-19)10-13(20)11-17/h3-4,9H,2,5-8,10-11H2,1H3. The number of Topliss-reactive ketones (excluding diaryl/α,β-unsaturated/α-hetero) is 1. The Morgan fingerprint density at radius 1 is 1.32 bits per heavy atom. The van der Waals surface area contributed by atoms with Gasteiger partial charge in [-0.3, -0.25) is 4.79 Å². The van der Waals surface area contributed by atoms with E-state index in [1.165, 1.54) is 6.07 Å². The molecule has 0 aromatic heterocycles. The highest BCUT2D eigenvalue weighted by Gasteiger charge is 2.45. The van der Waals surface area contributed by atoms with Crippen molar-refractivity contribution < 1.29 is 18.7 Å². The molecule has 1 aliphatic heterocycles. The number of rotatable bonds is 3. The first-order valence-electron chi connectivity index (χ1n) is 7.76. The van der Waals surface area contributed by atoms with Gasteiger partial charge in [0.1, 0.15) is 11.6 Å². The van der Waals surface area contributed by atoms with E-state index in [1.807, 2.05) is 4.90 Å². The van der Waals surface area contributed by atoms with Crippen LogP contribution in [0.25, 0.3) is 0 Å². The van der Waals surface area contributed by atoms with Crippen molar-refractivity contribution in [1.82, 2.24) is 0 Å². The Labute approximate surface area is 129 Å². The van der Waals surface area contributed by atoms with Gasteiger partial charge >= 0.3 is 5.97 Å². The number of halogens is 1. The maximum absolute atomic E-state index is 14.3. The van der Waals surface area contributed by atoms with Gasteiger partial charge in [0.2, 0.25) is 0 Å². The highest BCUT2D eigenvalue weighted by Crippen LogP contribution is 2.47. The average Bonchev–Trinajstić information content (AvgIpc) is 2.47. The van der Waals surface area contributed by atoms with Crippen LogP contribution in [0.1, 0.15) is 43.0 Å². The molecule has 5 heteroatoms. The number of ether oxygens (including phenoxy) is 1. The van der Waals surface area contributed by atoms with Gasteiger partial charge in [0, 0.05) is 25.9 Å². The predicted molar refractivity (Wildman–Crippen MR) is 80.5 cm³/mol. The van der Waals surface area contributed by atoms with E-state index in [4.69, 9.17) is 4.74 Å². The summed E-state index contributed by atoms with van der Waals surface area (Å²) in [6.45, 7) is 3.50. The molecule has 3 rings (SSSR count). The molecule has 0 amide bonds. The number of carbonyl (C=O) groups is 2. The zero-order valence-corrected chi connectivity index (χ0v) is 12.7. The number of nitrogens with zero attached hydrogens (tertiary/aromatic N) is 1. The molecule has 4 nitrogen and oxygen atoms in total. The fraction of sp³-hybridized carbons (Fsp3) is 0.529. The Kier molecular flexibility index (Phi) is 3.89. The van der Waals surface area contributed by atoms with Crippen molar-refractivity contribution in [3.63, 3.8) is 0 Å². The summed E-state index contributed by atoms with van der Waals surface area (Å²) in [4.78, 5) is 24.8. The second-order valence-corrected chi connectivity index (χ2v) is 6.27. The first-order valence-corrected chi connectivity index (χ1v) is 7.76. The molecule has 1 heterocycles. The van der Waals surface area contributed by atoms with Gasteiger partial charge < -0.3 is 9.64 Å². The normalized spacial score (nSPS) is 19.9. The van der Waals surface area contributed by atoms with Gasteiger partial charge in [-0.1, -0.05) is 0 Å².